The molecule has 134 valence electrons. The van der Waals surface area contributed by atoms with Gasteiger partial charge in [0.1, 0.15) is 6.33 Å². The van der Waals surface area contributed by atoms with Crippen LogP contribution in [0.5, 0.6) is 0 Å². The van der Waals surface area contributed by atoms with E-state index in [2.05, 4.69) is 20.1 Å². The third-order valence-electron chi connectivity index (χ3n) is 2.97. The summed E-state index contributed by atoms with van der Waals surface area (Å²) in [6.07, 6.45) is -1.39. The number of rotatable bonds is 4. The maximum atomic E-state index is 12.7. The Morgan fingerprint density at radius 3 is 2.69 bits per heavy atom. The molecule has 0 saturated heterocycles. The van der Waals surface area contributed by atoms with E-state index < -0.39 is 16.7 Å². The lowest BCUT2D eigenvalue weighted by atomic mass is 10.3. The van der Waals surface area contributed by atoms with Crippen molar-refractivity contribution in [1.82, 2.24) is 24.7 Å². The van der Waals surface area contributed by atoms with Gasteiger partial charge in [-0.3, -0.25) is 10.1 Å². The van der Waals surface area contributed by atoms with Crippen molar-refractivity contribution in [2.75, 3.05) is 0 Å². The van der Waals surface area contributed by atoms with Gasteiger partial charge in [0.2, 0.25) is 5.16 Å². The topological polar surface area (TPSA) is 99.6 Å². The largest absolute Gasteiger partial charge is 0.417 e. The second-order valence-electron chi connectivity index (χ2n) is 4.69. The Morgan fingerprint density at radius 1 is 1.27 bits per heavy atom. The Labute approximate surface area is 152 Å². The summed E-state index contributed by atoms with van der Waals surface area (Å²) in [5.74, 6) is -0.0606. The van der Waals surface area contributed by atoms with Gasteiger partial charge in [0.05, 0.1) is 15.5 Å². The second-order valence-corrected chi connectivity index (χ2v) is 6.05. The number of nitro groups is 1. The summed E-state index contributed by atoms with van der Waals surface area (Å²) in [6, 6.07) is 3.42. The number of hydrogen-bond donors (Lipinski definition) is 0. The highest BCUT2D eigenvalue weighted by molar-refractivity contribution is 7.99. The molecular formula is C13H6ClF3N6O2S. The van der Waals surface area contributed by atoms with Crippen molar-refractivity contribution in [2.45, 2.75) is 16.4 Å². The third-order valence-corrected chi connectivity index (χ3v) is 4.13. The van der Waals surface area contributed by atoms with Crippen LogP contribution in [-0.4, -0.2) is 29.7 Å². The van der Waals surface area contributed by atoms with Crippen LogP contribution in [0.4, 0.5) is 18.9 Å². The summed E-state index contributed by atoms with van der Waals surface area (Å²) in [6.45, 7) is 0. The van der Waals surface area contributed by atoms with E-state index in [0.717, 1.165) is 22.5 Å². The molecule has 3 rings (SSSR count). The van der Waals surface area contributed by atoms with Crippen molar-refractivity contribution in [3.8, 4) is 5.82 Å². The molecule has 3 aromatic heterocycles. The molecule has 8 nitrogen and oxygen atoms in total. The van der Waals surface area contributed by atoms with Crippen molar-refractivity contribution >= 4 is 29.1 Å². The minimum absolute atomic E-state index is 0.0606. The van der Waals surface area contributed by atoms with Gasteiger partial charge >= 0.3 is 11.9 Å². The van der Waals surface area contributed by atoms with Crippen molar-refractivity contribution in [3.05, 3.63) is 57.6 Å². The molecule has 0 amide bonds. The molecule has 13 heteroatoms. The summed E-state index contributed by atoms with van der Waals surface area (Å²) < 4.78 is 39.0. The lowest BCUT2D eigenvalue weighted by molar-refractivity contribution is -0.388. The first kappa shape index (κ1) is 18.1. The van der Waals surface area contributed by atoms with Gasteiger partial charge in [0.15, 0.2) is 10.8 Å². The zero-order chi connectivity index (χ0) is 18.9. The molecule has 3 aromatic rings. The standard InChI is InChI=1S/C13H6ClF3N6O2S/c14-8-4-7(13(15,16)17)5-19-10(8)22-6-20-12(21-22)26-11-9(23(24)25)2-1-3-18-11/h1-6H. The maximum absolute atomic E-state index is 12.7. The molecule has 0 N–H and O–H groups in total. The highest BCUT2D eigenvalue weighted by Gasteiger charge is 2.31. The lowest BCUT2D eigenvalue weighted by Crippen LogP contribution is -2.08. The third kappa shape index (κ3) is 3.75. The average Bonchev–Trinajstić information content (AvgIpc) is 3.02. The van der Waals surface area contributed by atoms with E-state index >= 15 is 0 Å². The SMILES string of the molecule is O=[N+]([O-])c1cccnc1Sc1ncn(-c2ncc(C(F)(F)F)cc2Cl)n1. The molecule has 0 spiro atoms. The average molecular weight is 403 g/mol. The smallest absolute Gasteiger partial charge is 0.258 e. The van der Waals surface area contributed by atoms with Crippen LogP contribution < -0.4 is 0 Å². The highest BCUT2D eigenvalue weighted by atomic mass is 35.5. The van der Waals surface area contributed by atoms with Crippen molar-refractivity contribution in [2.24, 2.45) is 0 Å². The van der Waals surface area contributed by atoms with E-state index in [-0.39, 0.29) is 26.7 Å². The normalized spacial score (nSPS) is 11.5. The van der Waals surface area contributed by atoms with Crippen molar-refractivity contribution in [3.63, 3.8) is 0 Å². The van der Waals surface area contributed by atoms with Crippen LogP contribution in [-0.2, 0) is 6.18 Å². The van der Waals surface area contributed by atoms with Gasteiger partial charge in [-0.15, -0.1) is 5.10 Å². The van der Waals surface area contributed by atoms with E-state index in [1.807, 2.05) is 0 Å². The number of nitrogens with zero attached hydrogens (tertiary/aromatic N) is 6. The predicted molar refractivity (Wildman–Crippen MR) is 84.2 cm³/mol. The summed E-state index contributed by atoms with van der Waals surface area (Å²) in [7, 11) is 0. The molecule has 0 aliphatic carbocycles. The van der Waals surface area contributed by atoms with Crippen LogP contribution in [0.1, 0.15) is 5.56 Å². The quantitative estimate of drug-likeness (QED) is 0.483. The van der Waals surface area contributed by atoms with Gasteiger partial charge in [0.25, 0.3) is 0 Å². The summed E-state index contributed by atoms with van der Waals surface area (Å²) >= 11 is 6.67. The van der Waals surface area contributed by atoms with E-state index in [1.165, 1.54) is 24.7 Å². The zero-order valence-corrected chi connectivity index (χ0v) is 14.0. The molecule has 0 aliphatic heterocycles. The van der Waals surface area contributed by atoms with Crippen LogP contribution >= 0.6 is 23.4 Å². The number of hydrogen-bond acceptors (Lipinski definition) is 7. The Kier molecular flexibility index (Phi) is 4.78. The Bertz CT molecular complexity index is 981. The number of halogens is 4. The van der Waals surface area contributed by atoms with Gasteiger partial charge in [0, 0.05) is 18.5 Å². The monoisotopic (exact) mass is 402 g/mol. The number of alkyl halides is 3. The van der Waals surface area contributed by atoms with Gasteiger partial charge < -0.3 is 0 Å². The number of aromatic nitrogens is 5. The molecule has 0 atom stereocenters. The van der Waals surface area contributed by atoms with Crippen LogP contribution in [0.25, 0.3) is 5.82 Å². The Hall–Kier alpha value is -2.73. The minimum atomic E-state index is -4.57. The summed E-state index contributed by atoms with van der Waals surface area (Å²) in [5, 5.41) is 14.9. The van der Waals surface area contributed by atoms with Gasteiger partial charge in [-0.25, -0.2) is 19.6 Å². The van der Waals surface area contributed by atoms with Crippen molar-refractivity contribution in [1.29, 1.82) is 0 Å². The molecule has 26 heavy (non-hydrogen) atoms. The number of pyridine rings is 2. The summed E-state index contributed by atoms with van der Waals surface area (Å²) in [5.41, 5.74) is -1.22. The Morgan fingerprint density at radius 2 is 2.04 bits per heavy atom. The molecular weight excluding hydrogens is 397 g/mol. The zero-order valence-electron chi connectivity index (χ0n) is 12.4. The fourth-order valence-electron chi connectivity index (χ4n) is 1.84. The first-order valence-corrected chi connectivity index (χ1v) is 7.87. The van der Waals surface area contributed by atoms with Gasteiger partial charge in [-0.2, -0.15) is 13.2 Å². The molecule has 0 aromatic carbocycles. The van der Waals surface area contributed by atoms with Crippen LogP contribution in [0.15, 0.2) is 47.1 Å². The first-order chi connectivity index (χ1) is 12.3. The first-order valence-electron chi connectivity index (χ1n) is 6.68. The predicted octanol–water partition coefficient (Wildman–Crippen LogP) is 3.79. The molecule has 0 fully saturated rings. The minimum Gasteiger partial charge on any atom is -0.258 e. The van der Waals surface area contributed by atoms with Crippen LogP contribution in [0, 0.1) is 10.1 Å². The fraction of sp³-hybridized carbons (Fsp3) is 0.0769. The Balaban J connectivity index is 1.88. The van der Waals surface area contributed by atoms with Gasteiger partial charge in [-0.05, 0) is 23.9 Å². The lowest BCUT2D eigenvalue weighted by Gasteiger charge is -2.08. The molecule has 0 bridgehead atoms. The van der Waals surface area contributed by atoms with Crippen LogP contribution in [0.3, 0.4) is 0 Å². The van der Waals surface area contributed by atoms with Crippen molar-refractivity contribution < 1.29 is 18.1 Å². The van der Waals surface area contributed by atoms with Crippen LogP contribution in [0.2, 0.25) is 5.02 Å². The van der Waals surface area contributed by atoms with E-state index in [1.54, 1.807) is 0 Å². The van der Waals surface area contributed by atoms with Gasteiger partial charge in [-0.1, -0.05) is 11.6 Å². The van der Waals surface area contributed by atoms with E-state index in [0.29, 0.717) is 6.20 Å². The molecule has 0 radical (unpaired) electrons. The summed E-state index contributed by atoms with van der Waals surface area (Å²) in [4.78, 5) is 21.9. The molecule has 0 saturated carbocycles. The molecule has 3 heterocycles. The van der Waals surface area contributed by atoms with E-state index in [9.17, 15) is 23.3 Å². The second kappa shape index (κ2) is 6.88. The molecule has 0 unspecified atom stereocenters. The van der Waals surface area contributed by atoms with E-state index in [4.69, 9.17) is 11.6 Å². The maximum Gasteiger partial charge on any atom is 0.417 e. The fourth-order valence-corrected chi connectivity index (χ4v) is 2.85. The molecule has 0 aliphatic rings. The highest BCUT2D eigenvalue weighted by Crippen LogP contribution is 2.33.